The van der Waals surface area contributed by atoms with Gasteiger partial charge in [-0.15, -0.1) is 0 Å². The molecule has 0 unspecified atom stereocenters. The number of hydrogen-bond acceptors (Lipinski definition) is 3. The van der Waals surface area contributed by atoms with Crippen LogP contribution in [0.15, 0.2) is 0 Å². The lowest BCUT2D eigenvalue weighted by Crippen LogP contribution is -2.06. The van der Waals surface area contributed by atoms with Crippen LogP contribution in [-0.4, -0.2) is 11.9 Å². The average molecular weight is 184 g/mol. The first-order chi connectivity index (χ1) is 6.24. The van der Waals surface area contributed by atoms with E-state index >= 15 is 0 Å². The molecule has 1 atom stereocenters. The van der Waals surface area contributed by atoms with E-state index in [9.17, 15) is 9.59 Å². The SMILES string of the molecule is CCCCCC[C@@H]1CC(=O)OC1=O. The van der Waals surface area contributed by atoms with Gasteiger partial charge in [0.25, 0.3) is 0 Å². The second-order valence-corrected chi connectivity index (χ2v) is 3.54. The highest BCUT2D eigenvalue weighted by Crippen LogP contribution is 2.22. The van der Waals surface area contributed by atoms with E-state index in [0.717, 1.165) is 19.3 Å². The van der Waals surface area contributed by atoms with Crippen molar-refractivity contribution in [3.63, 3.8) is 0 Å². The third-order valence-electron chi connectivity index (χ3n) is 2.37. The molecule has 13 heavy (non-hydrogen) atoms. The summed E-state index contributed by atoms with van der Waals surface area (Å²) in [7, 11) is 0. The number of ether oxygens (including phenoxy) is 1. The molecule has 0 aromatic rings. The molecule has 0 N–H and O–H groups in total. The van der Waals surface area contributed by atoms with Gasteiger partial charge in [0.1, 0.15) is 0 Å². The number of cyclic esters (lactones) is 2. The quantitative estimate of drug-likeness (QED) is 0.373. The normalized spacial score (nSPS) is 22.1. The third-order valence-corrected chi connectivity index (χ3v) is 2.37. The maximum absolute atomic E-state index is 11.0. The van der Waals surface area contributed by atoms with E-state index in [1.54, 1.807) is 0 Å². The number of hydrogen-bond donors (Lipinski definition) is 0. The monoisotopic (exact) mass is 184 g/mol. The van der Waals surface area contributed by atoms with Gasteiger partial charge < -0.3 is 4.74 Å². The molecule has 0 aromatic carbocycles. The van der Waals surface area contributed by atoms with Gasteiger partial charge in [-0.2, -0.15) is 0 Å². The Labute approximate surface area is 78.5 Å². The fourth-order valence-electron chi connectivity index (χ4n) is 1.56. The van der Waals surface area contributed by atoms with Gasteiger partial charge in [-0.3, -0.25) is 9.59 Å². The van der Waals surface area contributed by atoms with Gasteiger partial charge >= 0.3 is 11.9 Å². The molecule has 3 heteroatoms. The topological polar surface area (TPSA) is 43.4 Å². The fraction of sp³-hybridized carbons (Fsp3) is 0.800. The molecule has 1 rings (SSSR count). The third kappa shape index (κ3) is 3.17. The fourth-order valence-corrected chi connectivity index (χ4v) is 1.56. The smallest absolute Gasteiger partial charge is 0.317 e. The molecular formula is C10H16O3. The molecule has 0 spiro atoms. The van der Waals surface area contributed by atoms with Gasteiger partial charge in [-0.1, -0.05) is 32.6 Å². The zero-order valence-corrected chi connectivity index (χ0v) is 8.04. The Morgan fingerprint density at radius 3 is 2.62 bits per heavy atom. The minimum absolute atomic E-state index is 0.149. The number of esters is 2. The van der Waals surface area contributed by atoms with Gasteiger partial charge in [-0.25, -0.2) is 0 Å². The summed E-state index contributed by atoms with van der Waals surface area (Å²) in [6.45, 7) is 2.15. The molecule has 74 valence electrons. The Hall–Kier alpha value is -0.860. The number of carbonyl (C=O) groups excluding carboxylic acids is 2. The summed E-state index contributed by atoms with van der Waals surface area (Å²) in [6, 6.07) is 0. The lowest BCUT2D eigenvalue weighted by Gasteiger charge is -2.02. The highest BCUT2D eigenvalue weighted by molar-refractivity contribution is 5.94. The number of carbonyl (C=O) groups is 2. The highest BCUT2D eigenvalue weighted by atomic mass is 16.6. The minimum atomic E-state index is -0.356. The lowest BCUT2D eigenvalue weighted by molar-refractivity contribution is -0.153. The van der Waals surface area contributed by atoms with E-state index in [2.05, 4.69) is 11.7 Å². The van der Waals surface area contributed by atoms with Gasteiger partial charge in [0, 0.05) is 0 Å². The summed E-state index contributed by atoms with van der Waals surface area (Å²) in [4.78, 5) is 21.7. The maximum atomic E-state index is 11.0. The van der Waals surface area contributed by atoms with Crippen molar-refractivity contribution in [3.05, 3.63) is 0 Å². The van der Waals surface area contributed by atoms with Gasteiger partial charge in [0.2, 0.25) is 0 Å². The molecule has 1 saturated heterocycles. The lowest BCUT2D eigenvalue weighted by atomic mass is 9.99. The largest absolute Gasteiger partial charge is 0.393 e. The predicted molar refractivity (Wildman–Crippen MR) is 48.0 cm³/mol. The molecule has 1 aliphatic heterocycles. The molecule has 0 aliphatic carbocycles. The van der Waals surface area contributed by atoms with Crippen LogP contribution in [0.2, 0.25) is 0 Å². The summed E-state index contributed by atoms with van der Waals surface area (Å²) in [5.41, 5.74) is 0. The second-order valence-electron chi connectivity index (χ2n) is 3.54. The second kappa shape index (κ2) is 5.00. The van der Waals surface area contributed by atoms with E-state index in [-0.39, 0.29) is 17.9 Å². The molecule has 3 nitrogen and oxygen atoms in total. The molecule has 0 aromatic heterocycles. The van der Waals surface area contributed by atoms with Crippen LogP contribution in [0, 0.1) is 5.92 Å². The molecule has 0 bridgehead atoms. The first kappa shape index (κ1) is 10.2. The summed E-state index contributed by atoms with van der Waals surface area (Å²) >= 11 is 0. The van der Waals surface area contributed by atoms with Crippen molar-refractivity contribution in [1.82, 2.24) is 0 Å². The Bertz CT molecular complexity index is 198. The van der Waals surface area contributed by atoms with Crippen molar-refractivity contribution < 1.29 is 14.3 Å². The van der Waals surface area contributed by atoms with Crippen LogP contribution in [0.3, 0.4) is 0 Å². The summed E-state index contributed by atoms with van der Waals surface area (Å²) in [6.07, 6.45) is 5.68. The van der Waals surface area contributed by atoms with Crippen molar-refractivity contribution in [3.8, 4) is 0 Å². The van der Waals surface area contributed by atoms with Gasteiger partial charge in [0.05, 0.1) is 12.3 Å². The van der Waals surface area contributed by atoms with E-state index in [1.165, 1.54) is 12.8 Å². The van der Waals surface area contributed by atoms with E-state index in [1.807, 2.05) is 0 Å². The molecule has 0 saturated carbocycles. The standard InChI is InChI=1S/C10H16O3/c1-2-3-4-5-6-8-7-9(11)13-10(8)12/h8H,2-7H2,1H3/t8-/m1/s1. The van der Waals surface area contributed by atoms with Crippen LogP contribution >= 0.6 is 0 Å². The molecular weight excluding hydrogens is 168 g/mol. The zero-order chi connectivity index (χ0) is 9.68. The first-order valence-corrected chi connectivity index (χ1v) is 4.98. The average Bonchev–Trinajstić information content (AvgIpc) is 2.39. The van der Waals surface area contributed by atoms with Gasteiger partial charge in [0.15, 0.2) is 0 Å². The first-order valence-electron chi connectivity index (χ1n) is 4.98. The minimum Gasteiger partial charge on any atom is -0.393 e. The van der Waals surface area contributed by atoms with Crippen LogP contribution < -0.4 is 0 Å². The van der Waals surface area contributed by atoms with E-state index < -0.39 is 0 Å². The van der Waals surface area contributed by atoms with E-state index in [4.69, 9.17) is 0 Å². The van der Waals surface area contributed by atoms with Crippen molar-refractivity contribution in [1.29, 1.82) is 0 Å². The van der Waals surface area contributed by atoms with Crippen molar-refractivity contribution in [2.45, 2.75) is 45.4 Å². The molecule has 1 heterocycles. The van der Waals surface area contributed by atoms with Crippen LogP contribution in [-0.2, 0) is 14.3 Å². The van der Waals surface area contributed by atoms with Crippen molar-refractivity contribution in [2.24, 2.45) is 5.92 Å². The van der Waals surface area contributed by atoms with Gasteiger partial charge in [-0.05, 0) is 6.42 Å². The Morgan fingerprint density at radius 1 is 1.31 bits per heavy atom. The van der Waals surface area contributed by atoms with E-state index in [0.29, 0.717) is 6.42 Å². The van der Waals surface area contributed by atoms with Crippen molar-refractivity contribution in [2.75, 3.05) is 0 Å². The molecule has 0 radical (unpaired) electrons. The summed E-state index contributed by atoms with van der Waals surface area (Å²) < 4.78 is 4.45. The summed E-state index contributed by atoms with van der Waals surface area (Å²) in [5, 5.41) is 0. The predicted octanol–water partition coefficient (Wildman–Crippen LogP) is 2.05. The Morgan fingerprint density at radius 2 is 2.08 bits per heavy atom. The van der Waals surface area contributed by atoms with Crippen LogP contribution in [0.25, 0.3) is 0 Å². The summed E-state index contributed by atoms with van der Waals surface area (Å²) in [5.74, 6) is -0.823. The molecule has 1 fully saturated rings. The van der Waals surface area contributed by atoms with Crippen LogP contribution in [0.5, 0.6) is 0 Å². The number of rotatable bonds is 5. The zero-order valence-electron chi connectivity index (χ0n) is 8.04. The number of unbranched alkanes of at least 4 members (excludes halogenated alkanes) is 3. The van der Waals surface area contributed by atoms with Crippen molar-refractivity contribution >= 4 is 11.9 Å². The Balaban J connectivity index is 2.14. The van der Waals surface area contributed by atoms with Crippen LogP contribution in [0.1, 0.15) is 45.4 Å². The Kier molecular flexibility index (Phi) is 3.93. The maximum Gasteiger partial charge on any atom is 0.317 e. The molecule has 0 amide bonds. The molecule has 1 aliphatic rings. The highest BCUT2D eigenvalue weighted by Gasteiger charge is 2.32. The van der Waals surface area contributed by atoms with Crippen LogP contribution in [0.4, 0.5) is 0 Å².